The summed E-state index contributed by atoms with van der Waals surface area (Å²) in [4.78, 5) is 7.89. The van der Waals surface area contributed by atoms with Crippen molar-refractivity contribution in [2.75, 3.05) is 14.1 Å². The highest BCUT2D eigenvalue weighted by atomic mass is 16.3. The lowest BCUT2D eigenvalue weighted by molar-refractivity contribution is 0.303. The maximum Gasteiger partial charge on any atom is 0.133 e. The molecule has 1 N–H and O–H groups in total. The minimum Gasteiger partial charge on any atom is -0.381 e. The van der Waals surface area contributed by atoms with Gasteiger partial charge < -0.3 is 5.11 Å². The topological polar surface area (TPSA) is 45.0 Å². The van der Waals surface area contributed by atoms with Gasteiger partial charge in [-0.15, -0.1) is 0 Å². The van der Waals surface area contributed by atoms with Crippen LogP contribution in [0.1, 0.15) is 6.42 Å². The summed E-state index contributed by atoms with van der Waals surface area (Å²) in [5.74, 6) is 0. The van der Waals surface area contributed by atoms with E-state index in [2.05, 4.69) is 9.98 Å². The van der Waals surface area contributed by atoms with Gasteiger partial charge in [0.1, 0.15) is 6.10 Å². The number of rotatable bonds is 0. The van der Waals surface area contributed by atoms with Crippen molar-refractivity contribution in [2.24, 2.45) is 9.98 Å². The van der Waals surface area contributed by atoms with Gasteiger partial charge in [-0.05, 0) is 6.08 Å². The summed E-state index contributed by atoms with van der Waals surface area (Å²) in [6, 6.07) is 0. The summed E-state index contributed by atoms with van der Waals surface area (Å²) in [5, 5.41) is 9.52. The molecule has 0 aromatic carbocycles. The summed E-state index contributed by atoms with van der Waals surface area (Å²) in [7, 11) is 3.35. The maximum atomic E-state index is 9.52. The number of aliphatic imine (C=N–C) groups is 2. The smallest absolute Gasteiger partial charge is 0.133 e. The lowest BCUT2D eigenvalue weighted by Crippen LogP contribution is -2.31. The molecule has 0 spiro atoms. The summed E-state index contributed by atoms with van der Waals surface area (Å²) in [5.41, 5.74) is 1.48. The van der Waals surface area contributed by atoms with E-state index in [0.717, 1.165) is 12.1 Å². The van der Waals surface area contributed by atoms with E-state index < -0.39 is 6.10 Å². The van der Waals surface area contributed by atoms with Gasteiger partial charge in [-0.2, -0.15) is 0 Å². The van der Waals surface area contributed by atoms with Crippen LogP contribution in [0.15, 0.2) is 22.1 Å². The van der Waals surface area contributed by atoms with E-state index in [9.17, 15) is 5.11 Å². The van der Waals surface area contributed by atoms with Gasteiger partial charge in [-0.1, -0.05) is 6.08 Å². The zero-order chi connectivity index (χ0) is 8.27. The van der Waals surface area contributed by atoms with Gasteiger partial charge in [-0.25, -0.2) is 0 Å². The van der Waals surface area contributed by atoms with Crippen molar-refractivity contribution in [2.45, 2.75) is 12.5 Å². The van der Waals surface area contributed by atoms with Crippen LogP contribution >= 0.6 is 0 Å². The SMILES string of the molecule is C/N=C1/CC=C/C(=N\C)C1O. The third kappa shape index (κ3) is 1.54. The predicted octanol–water partition coefficient (Wildman–Crippen LogP) is 0.449. The molecule has 1 unspecified atom stereocenters. The molecule has 0 aromatic heterocycles. The van der Waals surface area contributed by atoms with Gasteiger partial charge in [0.05, 0.1) is 11.4 Å². The van der Waals surface area contributed by atoms with E-state index >= 15 is 0 Å². The van der Waals surface area contributed by atoms with Gasteiger partial charge in [-0.3, -0.25) is 9.98 Å². The molecule has 1 rings (SSSR count). The van der Waals surface area contributed by atoms with Gasteiger partial charge in [0.25, 0.3) is 0 Å². The monoisotopic (exact) mass is 152 g/mol. The lowest BCUT2D eigenvalue weighted by Gasteiger charge is -2.15. The molecule has 1 aliphatic rings. The molecule has 0 amide bonds. The molecule has 0 saturated heterocycles. The molecule has 1 atom stereocenters. The van der Waals surface area contributed by atoms with Crippen LogP contribution in [0.25, 0.3) is 0 Å². The lowest BCUT2D eigenvalue weighted by atomic mass is 10.0. The number of aliphatic hydroxyl groups is 1. The van der Waals surface area contributed by atoms with Crippen molar-refractivity contribution >= 4 is 11.4 Å². The first-order valence-corrected chi connectivity index (χ1v) is 3.56. The molecule has 11 heavy (non-hydrogen) atoms. The third-order valence-corrected chi connectivity index (χ3v) is 1.76. The molecule has 0 fully saturated rings. The molecule has 0 bridgehead atoms. The van der Waals surface area contributed by atoms with Gasteiger partial charge >= 0.3 is 0 Å². The number of hydrogen-bond acceptors (Lipinski definition) is 3. The second-order valence-corrected chi connectivity index (χ2v) is 2.37. The van der Waals surface area contributed by atoms with E-state index in [1.807, 2.05) is 12.2 Å². The first kappa shape index (κ1) is 8.14. The highest BCUT2D eigenvalue weighted by Crippen LogP contribution is 2.06. The first-order valence-electron chi connectivity index (χ1n) is 3.56. The molecule has 0 aromatic rings. The van der Waals surface area contributed by atoms with E-state index in [1.54, 1.807) is 14.1 Å². The van der Waals surface area contributed by atoms with Crippen LogP contribution in [0.3, 0.4) is 0 Å². The van der Waals surface area contributed by atoms with E-state index in [-0.39, 0.29) is 0 Å². The van der Waals surface area contributed by atoms with Crippen LogP contribution in [0.2, 0.25) is 0 Å². The van der Waals surface area contributed by atoms with Gasteiger partial charge in [0, 0.05) is 20.5 Å². The zero-order valence-corrected chi connectivity index (χ0v) is 6.78. The predicted molar refractivity (Wildman–Crippen MR) is 46.5 cm³/mol. The Morgan fingerprint density at radius 2 is 2.18 bits per heavy atom. The van der Waals surface area contributed by atoms with Gasteiger partial charge in [0.2, 0.25) is 0 Å². The molecular formula is C8H12N2O. The second-order valence-electron chi connectivity index (χ2n) is 2.37. The first-order chi connectivity index (χ1) is 5.29. The van der Waals surface area contributed by atoms with Crippen LogP contribution in [0.4, 0.5) is 0 Å². The molecule has 1 aliphatic carbocycles. The van der Waals surface area contributed by atoms with Gasteiger partial charge in [0.15, 0.2) is 0 Å². The van der Waals surface area contributed by atoms with Crippen LogP contribution < -0.4 is 0 Å². The molecule has 3 heteroatoms. The Morgan fingerprint density at radius 3 is 2.73 bits per heavy atom. The number of aliphatic hydroxyl groups excluding tert-OH is 1. The Balaban J connectivity index is 2.90. The second kappa shape index (κ2) is 3.44. The number of hydrogen-bond donors (Lipinski definition) is 1. The summed E-state index contributed by atoms with van der Waals surface area (Å²) >= 11 is 0. The molecule has 0 saturated carbocycles. The minimum absolute atomic E-state index is 0.588. The third-order valence-electron chi connectivity index (χ3n) is 1.76. The Morgan fingerprint density at radius 1 is 1.45 bits per heavy atom. The van der Waals surface area contributed by atoms with Crippen molar-refractivity contribution in [1.82, 2.24) is 0 Å². The van der Waals surface area contributed by atoms with Crippen LogP contribution in [-0.2, 0) is 0 Å². The quantitative estimate of drug-likeness (QED) is 0.538. The van der Waals surface area contributed by atoms with Crippen molar-refractivity contribution in [3.05, 3.63) is 12.2 Å². The fourth-order valence-electron chi connectivity index (χ4n) is 1.08. The van der Waals surface area contributed by atoms with Crippen molar-refractivity contribution < 1.29 is 5.11 Å². The Hall–Kier alpha value is -0.960. The average Bonchev–Trinajstić information content (AvgIpc) is 2.05. The van der Waals surface area contributed by atoms with Crippen molar-refractivity contribution in [1.29, 1.82) is 0 Å². The zero-order valence-electron chi connectivity index (χ0n) is 6.78. The summed E-state index contributed by atoms with van der Waals surface area (Å²) in [6.45, 7) is 0. The molecule has 3 nitrogen and oxygen atoms in total. The normalized spacial score (nSPS) is 31.7. The Bertz CT molecular complexity index is 225. The fourth-order valence-corrected chi connectivity index (χ4v) is 1.08. The maximum absolute atomic E-state index is 9.52. The Labute approximate surface area is 66.2 Å². The fraction of sp³-hybridized carbons (Fsp3) is 0.500. The van der Waals surface area contributed by atoms with Crippen molar-refractivity contribution in [3.8, 4) is 0 Å². The average molecular weight is 152 g/mol. The van der Waals surface area contributed by atoms with Crippen molar-refractivity contribution in [3.63, 3.8) is 0 Å². The minimum atomic E-state index is -0.588. The van der Waals surface area contributed by atoms with Crippen LogP contribution in [0.5, 0.6) is 0 Å². The molecule has 0 heterocycles. The standard InChI is InChI=1S/C8H12N2O/c1-9-6-4-3-5-7(10-2)8(6)11/h3-4,8,11H,5H2,1-2H3/b9-6+,10-7-. The molecule has 60 valence electrons. The number of nitrogens with zero attached hydrogens (tertiary/aromatic N) is 2. The molecule has 0 aliphatic heterocycles. The van der Waals surface area contributed by atoms with E-state index in [0.29, 0.717) is 5.71 Å². The largest absolute Gasteiger partial charge is 0.381 e. The summed E-state index contributed by atoms with van der Waals surface area (Å²) in [6.07, 6.45) is 3.93. The van der Waals surface area contributed by atoms with Crippen LogP contribution in [-0.4, -0.2) is 36.7 Å². The molecule has 0 radical (unpaired) electrons. The highest BCUT2D eigenvalue weighted by molar-refractivity contribution is 6.17. The Kier molecular flexibility index (Phi) is 2.54. The summed E-state index contributed by atoms with van der Waals surface area (Å²) < 4.78 is 0. The number of allylic oxidation sites excluding steroid dienone is 1. The highest BCUT2D eigenvalue weighted by Gasteiger charge is 2.18. The van der Waals surface area contributed by atoms with E-state index in [1.165, 1.54) is 0 Å². The van der Waals surface area contributed by atoms with Crippen LogP contribution in [0, 0.1) is 0 Å². The molecular weight excluding hydrogens is 140 g/mol. The van der Waals surface area contributed by atoms with E-state index in [4.69, 9.17) is 0 Å².